The number of hydrogen-bond acceptors (Lipinski definition) is 6. The molecule has 2 unspecified atom stereocenters. The van der Waals surface area contributed by atoms with Gasteiger partial charge >= 0.3 is 5.97 Å². The van der Waals surface area contributed by atoms with Crippen LogP contribution in [0.25, 0.3) is 0 Å². The summed E-state index contributed by atoms with van der Waals surface area (Å²) in [5.74, 6) is -2.41. The minimum Gasteiger partial charge on any atom is -0.465 e. The zero-order chi connectivity index (χ0) is 26.9. The summed E-state index contributed by atoms with van der Waals surface area (Å²) < 4.78 is 11.9. The minimum absolute atomic E-state index is 0.0330. The molecule has 3 saturated heterocycles. The van der Waals surface area contributed by atoms with E-state index in [4.69, 9.17) is 9.47 Å². The second-order valence-corrected chi connectivity index (χ2v) is 12.2. The van der Waals surface area contributed by atoms with Gasteiger partial charge in [-0.05, 0) is 51.4 Å². The Morgan fingerprint density at radius 1 is 1.25 bits per heavy atom. The molecule has 5 atom stereocenters. The summed E-state index contributed by atoms with van der Waals surface area (Å²) in [4.78, 5) is 44.7. The largest absolute Gasteiger partial charge is 0.465 e. The van der Waals surface area contributed by atoms with Gasteiger partial charge in [-0.3, -0.25) is 14.4 Å². The molecule has 1 N–H and O–H groups in total. The van der Waals surface area contributed by atoms with Crippen LogP contribution in [0.5, 0.6) is 0 Å². The normalized spacial score (nSPS) is 29.3. The van der Waals surface area contributed by atoms with Crippen LogP contribution in [0, 0.1) is 17.3 Å². The second kappa shape index (κ2) is 10.7. The zero-order valence-corrected chi connectivity index (χ0v) is 22.6. The van der Waals surface area contributed by atoms with Crippen molar-refractivity contribution < 1.29 is 29.0 Å². The molecule has 8 heteroatoms. The van der Waals surface area contributed by atoms with Crippen molar-refractivity contribution in [2.45, 2.75) is 90.0 Å². The molecule has 3 heterocycles. The lowest BCUT2D eigenvalue weighted by atomic mass is 9.70. The Bertz CT molecular complexity index is 878. The Morgan fingerprint density at radius 3 is 2.53 bits per heavy atom. The van der Waals surface area contributed by atoms with Crippen molar-refractivity contribution in [1.82, 2.24) is 9.80 Å². The number of ether oxygens (including phenoxy) is 2. The molecule has 1 spiro atoms. The maximum Gasteiger partial charge on any atom is 0.312 e. The summed E-state index contributed by atoms with van der Waals surface area (Å²) in [6.07, 6.45) is 5.66. The van der Waals surface area contributed by atoms with Gasteiger partial charge in [0.25, 0.3) is 0 Å². The van der Waals surface area contributed by atoms with Crippen LogP contribution >= 0.6 is 0 Å². The molecule has 0 saturated carbocycles. The molecule has 3 aliphatic heterocycles. The van der Waals surface area contributed by atoms with Crippen LogP contribution in [0.3, 0.4) is 0 Å². The highest BCUT2D eigenvalue weighted by Gasteiger charge is 2.75. The van der Waals surface area contributed by atoms with Crippen LogP contribution in [0.1, 0.15) is 66.7 Å². The molecule has 0 radical (unpaired) electrons. The Kier molecular flexibility index (Phi) is 8.40. The average molecular weight is 505 g/mol. The first-order valence-corrected chi connectivity index (χ1v) is 13.1. The third kappa shape index (κ3) is 5.12. The van der Waals surface area contributed by atoms with E-state index in [0.717, 1.165) is 6.42 Å². The number of rotatable bonds is 12. The summed E-state index contributed by atoms with van der Waals surface area (Å²) in [6, 6.07) is -0.864. The molecular weight excluding hydrogens is 460 g/mol. The summed E-state index contributed by atoms with van der Waals surface area (Å²) in [5.41, 5.74) is -1.62. The van der Waals surface area contributed by atoms with E-state index in [1.54, 1.807) is 22.0 Å². The molecule has 0 aliphatic carbocycles. The van der Waals surface area contributed by atoms with Crippen molar-refractivity contribution in [1.29, 1.82) is 0 Å². The van der Waals surface area contributed by atoms with Gasteiger partial charge in [-0.2, -0.15) is 0 Å². The molecule has 3 rings (SSSR count). The number of aliphatic hydroxyl groups excluding tert-OH is 1. The van der Waals surface area contributed by atoms with E-state index in [1.165, 1.54) is 0 Å². The third-order valence-electron chi connectivity index (χ3n) is 7.70. The summed E-state index contributed by atoms with van der Waals surface area (Å²) in [6.45, 7) is 18.7. The zero-order valence-electron chi connectivity index (χ0n) is 22.6. The average Bonchev–Trinajstić information content (AvgIpc) is 3.41. The summed E-state index contributed by atoms with van der Waals surface area (Å²) in [7, 11) is 0. The number of aliphatic hydroxyl groups is 1. The molecule has 202 valence electrons. The molecule has 3 aliphatic rings. The van der Waals surface area contributed by atoms with Gasteiger partial charge in [-0.1, -0.05) is 32.9 Å². The lowest BCUT2D eigenvalue weighted by Gasteiger charge is -2.45. The van der Waals surface area contributed by atoms with Crippen LogP contribution in [0.15, 0.2) is 25.3 Å². The quantitative estimate of drug-likeness (QED) is 0.249. The van der Waals surface area contributed by atoms with Gasteiger partial charge in [0, 0.05) is 25.2 Å². The Labute approximate surface area is 215 Å². The molecule has 0 aromatic carbocycles. The smallest absolute Gasteiger partial charge is 0.312 e. The van der Waals surface area contributed by atoms with Gasteiger partial charge in [0.1, 0.15) is 11.6 Å². The second-order valence-electron chi connectivity index (χ2n) is 12.2. The van der Waals surface area contributed by atoms with Gasteiger partial charge in [0.2, 0.25) is 11.8 Å². The lowest BCUT2D eigenvalue weighted by molar-refractivity contribution is -0.156. The fourth-order valence-corrected chi connectivity index (χ4v) is 6.83. The Morgan fingerprint density at radius 2 is 1.94 bits per heavy atom. The van der Waals surface area contributed by atoms with Crippen molar-refractivity contribution in [3.63, 3.8) is 0 Å². The van der Waals surface area contributed by atoms with Crippen molar-refractivity contribution in [3.05, 3.63) is 25.3 Å². The van der Waals surface area contributed by atoms with E-state index in [2.05, 4.69) is 33.9 Å². The number of carbonyl (C=O) groups is 3. The summed E-state index contributed by atoms with van der Waals surface area (Å²) in [5, 5.41) is 9.52. The van der Waals surface area contributed by atoms with Gasteiger partial charge in [-0.15, -0.1) is 13.2 Å². The van der Waals surface area contributed by atoms with Gasteiger partial charge in [0.05, 0.1) is 24.5 Å². The van der Waals surface area contributed by atoms with Crippen molar-refractivity contribution in [3.8, 4) is 0 Å². The van der Waals surface area contributed by atoms with Crippen LogP contribution in [-0.4, -0.2) is 82.3 Å². The third-order valence-corrected chi connectivity index (χ3v) is 7.70. The first-order chi connectivity index (χ1) is 16.8. The number of esters is 1. The maximum atomic E-state index is 14.4. The Hall–Kier alpha value is -2.19. The molecular formula is C28H44N2O6. The van der Waals surface area contributed by atoms with E-state index in [0.29, 0.717) is 32.2 Å². The monoisotopic (exact) mass is 504 g/mol. The first kappa shape index (κ1) is 28.4. The van der Waals surface area contributed by atoms with E-state index in [9.17, 15) is 19.5 Å². The topological polar surface area (TPSA) is 96.4 Å². The fourth-order valence-electron chi connectivity index (χ4n) is 6.83. The van der Waals surface area contributed by atoms with E-state index < -0.39 is 41.1 Å². The number of nitrogens with zero attached hydrogens (tertiary/aromatic N) is 2. The lowest BCUT2D eigenvalue weighted by Crippen LogP contribution is -2.61. The minimum atomic E-state index is -1.08. The van der Waals surface area contributed by atoms with E-state index in [-0.39, 0.29) is 37.0 Å². The number of hydrogen-bond donors (Lipinski definition) is 1. The number of amides is 2. The molecule has 3 fully saturated rings. The van der Waals surface area contributed by atoms with Gasteiger partial charge in [0.15, 0.2) is 0 Å². The number of carbonyl (C=O) groups excluding carboxylic acids is 3. The molecule has 36 heavy (non-hydrogen) atoms. The van der Waals surface area contributed by atoms with Crippen molar-refractivity contribution in [2.24, 2.45) is 17.3 Å². The number of likely N-dealkylation sites (tertiary alicyclic amines) is 1. The fraction of sp³-hybridized carbons (Fsp3) is 0.750. The van der Waals surface area contributed by atoms with E-state index in [1.807, 2.05) is 13.8 Å². The van der Waals surface area contributed by atoms with Crippen LogP contribution in [0.2, 0.25) is 0 Å². The molecule has 0 aromatic heterocycles. The Balaban J connectivity index is 2.01. The van der Waals surface area contributed by atoms with Crippen LogP contribution in [0.4, 0.5) is 0 Å². The molecule has 8 nitrogen and oxygen atoms in total. The molecule has 2 bridgehead atoms. The molecule has 0 aromatic rings. The standard InChI is InChI=1S/C28H44N2O6/c1-8-10-17-35-25(34)20-19-12-13-28(36-19)21(20)23(32)29(15-11-16-31)22(28)24(33)30(14-9-2)27(6,7)18-26(3,4)5/h8-9,19-22,31H,1-2,10-18H2,3-7H3/t19-,20+,21+,22?,28?/m1/s1. The predicted octanol–water partition coefficient (Wildman–Crippen LogP) is 3.09. The van der Waals surface area contributed by atoms with Crippen LogP contribution in [-0.2, 0) is 23.9 Å². The van der Waals surface area contributed by atoms with Gasteiger partial charge in [-0.25, -0.2) is 0 Å². The molecule has 2 amide bonds. The predicted molar refractivity (Wildman–Crippen MR) is 137 cm³/mol. The summed E-state index contributed by atoms with van der Waals surface area (Å²) >= 11 is 0. The van der Waals surface area contributed by atoms with E-state index >= 15 is 0 Å². The maximum absolute atomic E-state index is 14.4. The first-order valence-electron chi connectivity index (χ1n) is 13.1. The number of fused-ring (bicyclic) bond motifs is 1. The highest BCUT2D eigenvalue weighted by Crippen LogP contribution is 2.59. The van der Waals surface area contributed by atoms with Crippen molar-refractivity contribution >= 4 is 17.8 Å². The van der Waals surface area contributed by atoms with Gasteiger partial charge < -0.3 is 24.4 Å². The highest BCUT2D eigenvalue weighted by molar-refractivity contribution is 5.98. The highest BCUT2D eigenvalue weighted by atomic mass is 16.6. The SMILES string of the molecule is C=CCCOC(=O)[C@@H]1[C@H]2C(=O)N(CCCO)C(C(=O)N(CC=C)C(C)(C)CC(C)(C)C)C23CC[C@H]1O3. The van der Waals surface area contributed by atoms with Crippen LogP contribution < -0.4 is 0 Å². The van der Waals surface area contributed by atoms with Crippen molar-refractivity contribution in [2.75, 3.05) is 26.3 Å².